The van der Waals surface area contributed by atoms with Gasteiger partial charge in [0.05, 0.1) is 12.7 Å². The normalized spacial score (nSPS) is 34.4. The van der Waals surface area contributed by atoms with Crippen LogP contribution in [0, 0.1) is 0 Å². The van der Waals surface area contributed by atoms with Gasteiger partial charge in [0, 0.05) is 0 Å². The predicted octanol–water partition coefficient (Wildman–Crippen LogP) is -1.86. The van der Waals surface area contributed by atoms with Crippen LogP contribution in [0.15, 0.2) is 0 Å². The Morgan fingerprint density at radius 3 is 1.94 bits per heavy atom. The Balaban J connectivity index is 2.97. The van der Waals surface area contributed by atoms with E-state index in [4.69, 9.17) is 13.8 Å². The topological polar surface area (TPSA) is 157 Å². The third kappa shape index (κ3) is 4.74. The molecule has 10 nitrogen and oxygen atoms in total. The minimum Gasteiger partial charge on any atom is -0.388 e. The first-order valence-corrected chi connectivity index (χ1v) is 7.34. The van der Waals surface area contributed by atoms with E-state index in [2.05, 4.69) is 8.37 Å². The fourth-order valence-corrected chi connectivity index (χ4v) is 2.52. The predicted molar refractivity (Wildman–Crippen MR) is 54.3 cm³/mol. The Bertz CT molecular complexity index is 434. The van der Waals surface area contributed by atoms with E-state index in [0.717, 1.165) is 0 Å². The highest BCUT2D eigenvalue weighted by molar-refractivity contribution is 7.81. The van der Waals surface area contributed by atoms with Gasteiger partial charge in [0.2, 0.25) is 0 Å². The summed E-state index contributed by atoms with van der Waals surface area (Å²) < 4.78 is 72.6. The lowest BCUT2D eigenvalue weighted by molar-refractivity contribution is -0.165. The van der Waals surface area contributed by atoms with Crippen LogP contribution in [-0.4, -0.2) is 62.1 Å². The first kappa shape index (κ1) is 15.7. The van der Waals surface area contributed by atoms with E-state index in [-0.39, 0.29) is 6.61 Å². The zero-order valence-electron chi connectivity index (χ0n) is 9.03. The molecule has 12 heteroatoms. The van der Waals surface area contributed by atoms with Crippen molar-refractivity contribution in [1.82, 2.24) is 0 Å². The molecule has 4 atom stereocenters. The van der Waals surface area contributed by atoms with Crippen molar-refractivity contribution in [3.63, 3.8) is 0 Å². The van der Waals surface area contributed by atoms with E-state index in [1.165, 1.54) is 6.92 Å². The van der Waals surface area contributed by atoms with E-state index < -0.39 is 45.2 Å². The number of hydrogen-bond donors (Lipinski definition) is 3. The molecule has 0 aromatic heterocycles. The molecule has 1 fully saturated rings. The van der Waals surface area contributed by atoms with Gasteiger partial charge in [-0.2, -0.15) is 16.8 Å². The van der Waals surface area contributed by atoms with Crippen LogP contribution < -0.4 is 0 Å². The summed E-state index contributed by atoms with van der Waals surface area (Å²) in [5.41, 5.74) is 0. The molecule has 0 aromatic rings. The smallest absolute Gasteiger partial charge is 0.388 e. The second-order valence-electron chi connectivity index (χ2n) is 3.58. The van der Waals surface area contributed by atoms with Gasteiger partial charge in [-0.25, -0.2) is 8.37 Å². The van der Waals surface area contributed by atoms with Gasteiger partial charge >= 0.3 is 20.8 Å². The quantitative estimate of drug-likeness (QED) is 0.503. The van der Waals surface area contributed by atoms with Crippen molar-refractivity contribution in [2.45, 2.75) is 31.3 Å². The minimum atomic E-state index is -4.94. The molecule has 0 spiro atoms. The molecule has 108 valence electrons. The molecule has 0 saturated carbocycles. The first-order chi connectivity index (χ1) is 7.99. The monoisotopic (exact) mass is 308 g/mol. The zero-order valence-corrected chi connectivity index (χ0v) is 10.7. The number of ether oxygens (including phenoxy) is 1. The highest BCUT2D eigenvalue weighted by Crippen LogP contribution is 2.23. The molecular formula is C6H12O10S2. The van der Waals surface area contributed by atoms with E-state index in [0.29, 0.717) is 0 Å². The fourth-order valence-electron chi connectivity index (χ4n) is 1.46. The van der Waals surface area contributed by atoms with Crippen molar-refractivity contribution >= 4 is 20.8 Å². The zero-order chi connectivity index (χ0) is 14.1. The average Bonchev–Trinajstić information content (AvgIpc) is 2.14. The van der Waals surface area contributed by atoms with E-state index >= 15 is 0 Å². The number of aliphatic hydroxyl groups excluding tert-OH is 1. The Labute approximate surface area is 103 Å². The third-order valence-electron chi connectivity index (χ3n) is 2.16. The van der Waals surface area contributed by atoms with Crippen LogP contribution in [0.1, 0.15) is 6.92 Å². The molecule has 3 N–H and O–H groups in total. The summed E-state index contributed by atoms with van der Waals surface area (Å²) in [7, 11) is -9.86. The lowest BCUT2D eigenvalue weighted by atomic mass is 10.0. The summed E-state index contributed by atoms with van der Waals surface area (Å²) in [4.78, 5) is 0. The van der Waals surface area contributed by atoms with Crippen LogP contribution in [0.4, 0.5) is 0 Å². The van der Waals surface area contributed by atoms with Crippen molar-refractivity contribution in [3.05, 3.63) is 0 Å². The Kier molecular flexibility index (Phi) is 4.66. The summed E-state index contributed by atoms with van der Waals surface area (Å²) in [6.07, 6.45) is -5.92. The first-order valence-electron chi connectivity index (χ1n) is 4.60. The molecule has 0 bridgehead atoms. The van der Waals surface area contributed by atoms with Gasteiger partial charge in [-0.15, -0.1) is 0 Å². The molecule has 1 heterocycles. The molecule has 18 heavy (non-hydrogen) atoms. The van der Waals surface area contributed by atoms with Gasteiger partial charge < -0.3 is 9.84 Å². The van der Waals surface area contributed by atoms with Gasteiger partial charge in [-0.05, 0) is 6.92 Å². The van der Waals surface area contributed by atoms with Gasteiger partial charge in [0.15, 0.2) is 0 Å². The molecule has 0 aliphatic carbocycles. The minimum absolute atomic E-state index is 0.354. The van der Waals surface area contributed by atoms with Crippen molar-refractivity contribution in [3.8, 4) is 0 Å². The number of rotatable bonds is 4. The SMILES string of the molecule is CC1OCC(O)C(OS(=O)(=O)O)C1OS(=O)(=O)O. The van der Waals surface area contributed by atoms with Gasteiger partial charge in [0.25, 0.3) is 0 Å². The van der Waals surface area contributed by atoms with Gasteiger partial charge in [-0.3, -0.25) is 9.11 Å². The van der Waals surface area contributed by atoms with Crippen molar-refractivity contribution in [2.24, 2.45) is 0 Å². The maximum Gasteiger partial charge on any atom is 0.397 e. The highest BCUT2D eigenvalue weighted by atomic mass is 32.3. The second-order valence-corrected chi connectivity index (χ2v) is 5.68. The van der Waals surface area contributed by atoms with E-state index in [9.17, 15) is 21.9 Å². The lowest BCUT2D eigenvalue weighted by Gasteiger charge is -2.36. The number of hydrogen-bond acceptors (Lipinski definition) is 8. The van der Waals surface area contributed by atoms with E-state index in [1.807, 2.05) is 0 Å². The lowest BCUT2D eigenvalue weighted by Crippen LogP contribution is -2.55. The molecule has 1 saturated heterocycles. The summed E-state index contributed by atoms with van der Waals surface area (Å²) in [6, 6.07) is 0. The highest BCUT2D eigenvalue weighted by Gasteiger charge is 2.44. The van der Waals surface area contributed by atoms with Crippen LogP contribution in [0.25, 0.3) is 0 Å². The maximum absolute atomic E-state index is 10.6. The van der Waals surface area contributed by atoms with Crippen LogP contribution in [0.3, 0.4) is 0 Å². The fraction of sp³-hybridized carbons (Fsp3) is 1.00. The Morgan fingerprint density at radius 2 is 1.50 bits per heavy atom. The Morgan fingerprint density at radius 1 is 1.06 bits per heavy atom. The molecule has 0 radical (unpaired) electrons. The summed E-state index contributed by atoms with van der Waals surface area (Å²) in [6.45, 7) is 0.953. The maximum atomic E-state index is 10.6. The molecule has 1 aliphatic rings. The summed E-state index contributed by atoms with van der Waals surface area (Å²) >= 11 is 0. The largest absolute Gasteiger partial charge is 0.397 e. The molecule has 4 unspecified atom stereocenters. The van der Waals surface area contributed by atoms with Crippen molar-refractivity contribution in [2.75, 3.05) is 6.61 Å². The summed E-state index contributed by atoms with van der Waals surface area (Å²) in [5.74, 6) is 0. The van der Waals surface area contributed by atoms with Crippen LogP contribution in [0.2, 0.25) is 0 Å². The van der Waals surface area contributed by atoms with Crippen LogP contribution in [-0.2, 0) is 33.9 Å². The number of aliphatic hydroxyl groups is 1. The standard InChI is InChI=1S/C6H12O10S2/c1-3-5(15-17(8,9)10)6(4(7)2-14-3)16-18(11,12)13/h3-7H,2H2,1H3,(H,8,9,10)(H,11,12,13). The van der Waals surface area contributed by atoms with E-state index in [1.54, 1.807) is 0 Å². The van der Waals surface area contributed by atoms with Gasteiger partial charge in [0.1, 0.15) is 18.3 Å². The van der Waals surface area contributed by atoms with Crippen LogP contribution in [0.5, 0.6) is 0 Å². The average molecular weight is 308 g/mol. The van der Waals surface area contributed by atoms with Crippen LogP contribution >= 0.6 is 0 Å². The van der Waals surface area contributed by atoms with Crippen molar-refractivity contribution < 1.29 is 44.2 Å². The third-order valence-corrected chi connectivity index (χ3v) is 3.09. The Hall–Kier alpha value is -0.340. The molecule has 1 rings (SSSR count). The van der Waals surface area contributed by atoms with Gasteiger partial charge in [-0.1, -0.05) is 0 Å². The second kappa shape index (κ2) is 5.34. The molecule has 1 aliphatic heterocycles. The molecular weight excluding hydrogens is 296 g/mol. The molecule has 0 amide bonds. The summed E-state index contributed by atoms with van der Waals surface area (Å²) in [5, 5.41) is 9.44. The van der Waals surface area contributed by atoms with Crippen molar-refractivity contribution in [1.29, 1.82) is 0 Å². The molecule has 0 aromatic carbocycles.